The Morgan fingerprint density at radius 1 is 1.42 bits per heavy atom. The number of nitrogens with one attached hydrogen (secondary N) is 1. The zero-order valence-electron chi connectivity index (χ0n) is 14.7. The first-order valence-electron chi connectivity index (χ1n) is 8.53. The van der Waals surface area contributed by atoms with Gasteiger partial charge in [0.25, 0.3) is 0 Å². The highest BCUT2D eigenvalue weighted by atomic mass is 16.5. The lowest BCUT2D eigenvalue weighted by atomic mass is 9.73. The van der Waals surface area contributed by atoms with Crippen LogP contribution in [0.1, 0.15) is 57.4 Å². The smallest absolute Gasteiger partial charge is 0.308 e. The van der Waals surface area contributed by atoms with Gasteiger partial charge in [0.2, 0.25) is 5.91 Å². The van der Waals surface area contributed by atoms with Crippen LogP contribution in [0.25, 0.3) is 0 Å². The minimum absolute atomic E-state index is 0.0376. The molecule has 1 aromatic carbocycles. The molecular weight excluding hydrogens is 306 g/mol. The number of carboxylic acid groups (broad SMARTS) is 1. The summed E-state index contributed by atoms with van der Waals surface area (Å²) in [7, 11) is 1.62. The average molecular weight is 333 g/mol. The second kappa shape index (κ2) is 7.69. The van der Waals surface area contributed by atoms with Crippen molar-refractivity contribution in [3.05, 3.63) is 29.8 Å². The molecule has 24 heavy (non-hydrogen) atoms. The summed E-state index contributed by atoms with van der Waals surface area (Å²) in [6, 6.07) is 7.69. The third kappa shape index (κ3) is 4.28. The Hall–Kier alpha value is -2.04. The molecule has 3 unspecified atom stereocenters. The number of hydrogen-bond donors (Lipinski definition) is 2. The van der Waals surface area contributed by atoms with E-state index in [1.54, 1.807) is 7.11 Å². The van der Waals surface area contributed by atoms with Gasteiger partial charge in [0.15, 0.2) is 0 Å². The molecule has 1 amide bonds. The fourth-order valence-electron chi connectivity index (χ4n) is 3.59. The molecule has 5 nitrogen and oxygen atoms in total. The molecule has 2 rings (SSSR count). The van der Waals surface area contributed by atoms with Crippen LogP contribution in [0.5, 0.6) is 5.75 Å². The van der Waals surface area contributed by atoms with Crippen LogP contribution in [0.2, 0.25) is 0 Å². The van der Waals surface area contributed by atoms with Gasteiger partial charge in [-0.05, 0) is 43.4 Å². The molecule has 1 aliphatic rings. The van der Waals surface area contributed by atoms with E-state index >= 15 is 0 Å². The summed E-state index contributed by atoms with van der Waals surface area (Å²) in [4.78, 5) is 24.0. The van der Waals surface area contributed by atoms with Gasteiger partial charge in [0, 0.05) is 6.42 Å². The Kier molecular flexibility index (Phi) is 5.86. The van der Waals surface area contributed by atoms with Gasteiger partial charge in [-0.2, -0.15) is 0 Å². The SMILES string of the molecule is COc1cccc(C(C)CC(=O)NC2(C)CCCCC2C(=O)O)c1. The normalized spacial score (nSPS) is 24.9. The Morgan fingerprint density at radius 3 is 2.83 bits per heavy atom. The molecule has 132 valence electrons. The predicted octanol–water partition coefficient (Wildman–Crippen LogP) is 3.34. The van der Waals surface area contributed by atoms with Gasteiger partial charge in [-0.1, -0.05) is 31.9 Å². The van der Waals surface area contributed by atoms with Crippen LogP contribution in [-0.4, -0.2) is 29.6 Å². The summed E-state index contributed by atoms with van der Waals surface area (Å²) >= 11 is 0. The van der Waals surface area contributed by atoms with Gasteiger partial charge in [-0.15, -0.1) is 0 Å². The van der Waals surface area contributed by atoms with Crippen molar-refractivity contribution >= 4 is 11.9 Å². The van der Waals surface area contributed by atoms with E-state index in [-0.39, 0.29) is 11.8 Å². The summed E-state index contributed by atoms with van der Waals surface area (Å²) in [5.74, 6) is -0.623. The molecule has 5 heteroatoms. The molecule has 0 saturated heterocycles. The molecule has 1 fully saturated rings. The van der Waals surface area contributed by atoms with Gasteiger partial charge in [-0.3, -0.25) is 9.59 Å². The van der Waals surface area contributed by atoms with Gasteiger partial charge in [0.05, 0.1) is 18.6 Å². The number of amides is 1. The molecule has 0 aliphatic heterocycles. The van der Waals surface area contributed by atoms with Gasteiger partial charge < -0.3 is 15.2 Å². The third-order valence-corrected chi connectivity index (χ3v) is 5.09. The first kappa shape index (κ1) is 18.3. The molecule has 2 N–H and O–H groups in total. The fraction of sp³-hybridized carbons (Fsp3) is 0.579. The van der Waals surface area contributed by atoms with E-state index in [9.17, 15) is 14.7 Å². The summed E-state index contributed by atoms with van der Waals surface area (Å²) < 4.78 is 5.22. The van der Waals surface area contributed by atoms with Crippen LogP contribution in [0, 0.1) is 5.92 Å². The van der Waals surface area contributed by atoms with E-state index in [0.717, 1.165) is 24.2 Å². The van der Waals surface area contributed by atoms with Crippen molar-refractivity contribution in [3.8, 4) is 5.75 Å². The van der Waals surface area contributed by atoms with Gasteiger partial charge in [0.1, 0.15) is 5.75 Å². The van der Waals surface area contributed by atoms with E-state index in [4.69, 9.17) is 4.74 Å². The van der Waals surface area contributed by atoms with Crippen LogP contribution in [0.15, 0.2) is 24.3 Å². The Balaban J connectivity index is 2.02. The largest absolute Gasteiger partial charge is 0.497 e. The minimum atomic E-state index is -0.821. The maximum Gasteiger partial charge on any atom is 0.308 e. The lowest BCUT2D eigenvalue weighted by molar-refractivity contribution is -0.146. The summed E-state index contributed by atoms with van der Waals surface area (Å²) in [6.45, 7) is 3.85. The number of benzene rings is 1. The zero-order chi connectivity index (χ0) is 17.7. The van der Waals surface area contributed by atoms with Crippen LogP contribution < -0.4 is 10.1 Å². The van der Waals surface area contributed by atoms with Crippen molar-refractivity contribution in [2.45, 2.75) is 57.4 Å². The van der Waals surface area contributed by atoms with Crippen molar-refractivity contribution in [2.75, 3.05) is 7.11 Å². The molecule has 0 heterocycles. The third-order valence-electron chi connectivity index (χ3n) is 5.09. The Morgan fingerprint density at radius 2 is 2.17 bits per heavy atom. The van der Waals surface area contributed by atoms with Gasteiger partial charge in [-0.25, -0.2) is 0 Å². The van der Waals surface area contributed by atoms with Crippen molar-refractivity contribution in [2.24, 2.45) is 5.92 Å². The number of aliphatic carboxylic acids is 1. The summed E-state index contributed by atoms with van der Waals surface area (Å²) in [5, 5.41) is 12.4. The predicted molar refractivity (Wildman–Crippen MR) is 92.2 cm³/mol. The van der Waals surface area contributed by atoms with Crippen LogP contribution in [-0.2, 0) is 9.59 Å². The average Bonchev–Trinajstić information content (AvgIpc) is 2.54. The van der Waals surface area contributed by atoms with Crippen LogP contribution in [0.3, 0.4) is 0 Å². The molecule has 0 aromatic heterocycles. The quantitative estimate of drug-likeness (QED) is 0.837. The maximum atomic E-state index is 12.5. The second-order valence-electron chi connectivity index (χ2n) is 6.98. The highest BCUT2D eigenvalue weighted by molar-refractivity contribution is 5.80. The summed E-state index contributed by atoms with van der Waals surface area (Å²) in [5.41, 5.74) is 0.378. The molecule has 0 radical (unpaired) electrons. The lowest BCUT2D eigenvalue weighted by Gasteiger charge is -2.40. The van der Waals surface area contributed by atoms with Crippen molar-refractivity contribution in [3.63, 3.8) is 0 Å². The Labute approximate surface area is 143 Å². The fourth-order valence-corrected chi connectivity index (χ4v) is 3.59. The monoisotopic (exact) mass is 333 g/mol. The molecule has 1 saturated carbocycles. The Bertz CT molecular complexity index is 601. The van der Waals surface area contributed by atoms with Crippen molar-refractivity contribution < 1.29 is 19.4 Å². The van der Waals surface area contributed by atoms with Gasteiger partial charge >= 0.3 is 5.97 Å². The van der Waals surface area contributed by atoms with E-state index in [0.29, 0.717) is 19.3 Å². The first-order valence-corrected chi connectivity index (χ1v) is 8.53. The maximum absolute atomic E-state index is 12.5. The number of methoxy groups -OCH3 is 1. The minimum Gasteiger partial charge on any atom is -0.497 e. The standard InChI is InChI=1S/C19H27NO4/c1-13(14-7-6-8-15(12-14)24-3)11-17(21)20-19(2)10-5-4-9-16(19)18(22)23/h6-8,12-13,16H,4-5,9-11H2,1-3H3,(H,20,21)(H,22,23). The number of carboxylic acids is 1. The van der Waals surface area contributed by atoms with Crippen molar-refractivity contribution in [1.29, 1.82) is 0 Å². The molecule has 1 aliphatic carbocycles. The molecule has 0 bridgehead atoms. The number of carbonyl (C=O) groups is 2. The lowest BCUT2D eigenvalue weighted by Crippen LogP contribution is -2.55. The number of carbonyl (C=O) groups excluding carboxylic acids is 1. The van der Waals surface area contributed by atoms with Crippen LogP contribution >= 0.6 is 0 Å². The number of hydrogen-bond acceptors (Lipinski definition) is 3. The number of rotatable bonds is 6. The van der Waals surface area contributed by atoms with Crippen LogP contribution in [0.4, 0.5) is 0 Å². The van der Waals surface area contributed by atoms with Crippen molar-refractivity contribution in [1.82, 2.24) is 5.32 Å². The first-order chi connectivity index (χ1) is 11.4. The highest BCUT2D eigenvalue weighted by Gasteiger charge is 2.42. The zero-order valence-corrected chi connectivity index (χ0v) is 14.7. The molecule has 1 aromatic rings. The number of ether oxygens (including phenoxy) is 1. The second-order valence-corrected chi connectivity index (χ2v) is 6.98. The summed E-state index contributed by atoms with van der Waals surface area (Å²) in [6.07, 6.45) is 3.52. The topological polar surface area (TPSA) is 75.6 Å². The van der Waals surface area contributed by atoms with E-state index < -0.39 is 17.4 Å². The van der Waals surface area contributed by atoms with E-state index in [2.05, 4.69) is 5.32 Å². The molecule has 3 atom stereocenters. The van der Waals surface area contributed by atoms with E-state index in [1.807, 2.05) is 38.1 Å². The highest BCUT2D eigenvalue weighted by Crippen LogP contribution is 2.34. The molecule has 0 spiro atoms. The van der Waals surface area contributed by atoms with E-state index in [1.165, 1.54) is 0 Å². The molecular formula is C19H27NO4.